The Morgan fingerprint density at radius 3 is 2.46 bits per heavy atom. The van der Waals surface area contributed by atoms with Crippen molar-refractivity contribution in [3.63, 3.8) is 0 Å². The number of carbonyl (C=O) groups is 2. The van der Waals surface area contributed by atoms with Gasteiger partial charge in [0.05, 0.1) is 18.4 Å². The van der Waals surface area contributed by atoms with E-state index in [-0.39, 0.29) is 18.1 Å². The number of benzene rings is 3. The molecule has 0 saturated heterocycles. The smallest absolute Gasteiger partial charge is 0.263 e. The van der Waals surface area contributed by atoms with Crippen LogP contribution in [-0.4, -0.2) is 18.8 Å². The van der Waals surface area contributed by atoms with Gasteiger partial charge in [0.15, 0.2) is 5.78 Å². The Balaban J connectivity index is 1.89. The van der Waals surface area contributed by atoms with Gasteiger partial charge in [-0.1, -0.05) is 48.0 Å². The minimum Gasteiger partial charge on any atom is -0.496 e. The Morgan fingerprint density at radius 1 is 0.964 bits per heavy atom. The SMILES string of the molecule is COc1cccc2c1C(=O)N1c3ccccc3C(=O)CC21c1ccc(Cl)cc1. The van der Waals surface area contributed by atoms with E-state index in [0.29, 0.717) is 27.6 Å². The first-order valence-electron chi connectivity index (χ1n) is 8.98. The van der Waals surface area contributed by atoms with Crippen molar-refractivity contribution in [2.45, 2.75) is 12.0 Å². The molecule has 2 aliphatic rings. The monoisotopic (exact) mass is 389 g/mol. The molecule has 3 aromatic rings. The van der Waals surface area contributed by atoms with E-state index in [4.69, 9.17) is 16.3 Å². The maximum atomic E-state index is 13.6. The van der Waals surface area contributed by atoms with Crippen molar-refractivity contribution >= 4 is 29.0 Å². The summed E-state index contributed by atoms with van der Waals surface area (Å²) in [6.45, 7) is 0. The first kappa shape index (κ1) is 17.0. The number of ketones is 1. The third-order valence-electron chi connectivity index (χ3n) is 5.67. The van der Waals surface area contributed by atoms with Crippen LogP contribution in [0.25, 0.3) is 0 Å². The van der Waals surface area contributed by atoms with E-state index < -0.39 is 5.54 Å². The number of rotatable bonds is 2. The highest BCUT2D eigenvalue weighted by molar-refractivity contribution is 6.30. The number of nitrogens with zero attached hydrogens (tertiary/aromatic N) is 1. The lowest BCUT2D eigenvalue weighted by Gasteiger charge is -2.43. The largest absolute Gasteiger partial charge is 0.496 e. The molecule has 0 spiro atoms. The summed E-state index contributed by atoms with van der Waals surface area (Å²) in [5.74, 6) is 0.350. The average Bonchev–Trinajstić information content (AvgIpc) is 2.98. The number of fused-ring (bicyclic) bond motifs is 5. The topological polar surface area (TPSA) is 46.6 Å². The second-order valence-electron chi connectivity index (χ2n) is 7.01. The van der Waals surface area contributed by atoms with Crippen molar-refractivity contribution in [2.75, 3.05) is 12.0 Å². The van der Waals surface area contributed by atoms with E-state index >= 15 is 0 Å². The summed E-state index contributed by atoms with van der Waals surface area (Å²) in [5, 5.41) is 0.601. The molecule has 1 atom stereocenters. The van der Waals surface area contributed by atoms with Crippen molar-refractivity contribution in [3.05, 3.63) is 94.0 Å². The van der Waals surface area contributed by atoms with Crippen molar-refractivity contribution < 1.29 is 14.3 Å². The van der Waals surface area contributed by atoms with E-state index in [1.54, 1.807) is 36.3 Å². The summed E-state index contributed by atoms with van der Waals surface area (Å²) in [5.41, 5.74) is 2.40. The molecule has 3 aromatic carbocycles. The van der Waals surface area contributed by atoms with E-state index in [9.17, 15) is 9.59 Å². The zero-order valence-electron chi connectivity index (χ0n) is 15.1. The number of halogens is 1. The van der Waals surface area contributed by atoms with E-state index in [1.807, 2.05) is 42.5 Å². The molecule has 0 aliphatic carbocycles. The van der Waals surface area contributed by atoms with Gasteiger partial charge in [0.25, 0.3) is 5.91 Å². The van der Waals surface area contributed by atoms with Crippen LogP contribution < -0.4 is 9.64 Å². The van der Waals surface area contributed by atoms with Gasteiger partial charge in [0.2, 0.25) is 0 Å². The number of hydrogen-bond donors (Lipinski definition) is 0. The molecule has 2 aliphatic heterocycles. The Labute approximate surface area is 167 Å². The molecule has 0 fully saturated rings. The van der Waals surface area contributed by atoms with Gasteiger partial charge < -0.3 is 4.74 Å². The van der Waals surface area contributed by atoms with Crippen LogP contribution in [-0.2, 0) is 5.54 Å². The van der Waals surface area contributed by atoms with Crippen molar-refractivity contribution in [1.82, 2.24) is 0 Å². The fourth-order valence-electron chi connectivity index (χ4n) is 4.51. The third kappa shape index (κ3) is 2.06. The second kappa shape index (κ2) is 5.94. The first-order chi connectivity index (χ1) is 13.6. The summed E-state index contributed by atoms with van der Waals surface area (Å²) >= 11 is 6.11. The van der Waals surface area contributed by atoms with Gasteiger partial charge in [-0.3, -0.25) is 14.5 Å². The Kier molecular flexibility index (Phi) is 3.61. The molecule has 0 saturated carbocycles. The minimum atomic E-state index is -0.920. The summed E-state index contributed by atoms with van der Waals surface area (Å²) in [6.07, 6.45) is 0.164. The van der Waals surface area contributed by atoms with Gasteiger partial charge in [-0.2, -0.15) is 0 Å². The Bertz CT molecular complexity index is 1140. The highest BCUT2D eigenvalue weighted by atomic mass is 35.5. The maximum Gasteiger partial charge on any atom is 0.263 e. The number of carbonyl (C=O) groups excluding carboxylic acids is 2. The van der Waals surface area contributed by atoms with Gasteiger partial charge in [-0.15, -0.1) is 0 Å². The minimum absolute atomic E-state index is 0.00488. The van der Waals surface area contributed by atoms with Gasteiger partial charge in [-0.25, -0.2) is 0 Å². The third-order valence-corrected chi connectivity index (χ3v) is 5.93. The number of Topliss-reactive ketones (excluding diaryl/α,β-unsaturated/α-hetero) is 1. The van der Waals surface area contributed by atoms with Crippen molar-refractivity contribution in [3.8, 4) is 5.75 Å². The fourth-order valence-corrected chi connectivity index (χ4v) is 4.63. The molecule has 2 heterocycles. The van der Waals surface area contributed by atoms with Crippen LogP contribution in [0.5, 0.6) is 5.75 Å². The molecule has 0 radical (unpaired) electrons. The zero-order chi connectivity index (χ0) is 19.5. The van der Waals surface area contributed by atoms with Crippen LogP contribution in [0.3, 0.4) is 0 Å². The van der Waals surface area contributed by atoms with Gasteiger partial charge in [0, 0.05) is 17.0 Å². The zero-order valence-corrected chi connectivity index (χ0v) is 15.9. The second-order valence-corrected chi connectivity index (χ2v) is 7.44. The standard InChI is InChI=1S/C23H16ClNO3/c1-28-20-8-4-6-17-21(20)22(27)25-18-7-3-2-5-16(18)19(26)13-23(17,25)14-9-11-15(24)12-10-14/h2-12H,13H2,1H3. The molecular formula is C23H16ClNO3. The lowest BCUT2D eigenvalue weighted by atomic mass is 9.75. The lowest BCUT2D eigenvalue weighted by Crippen LogP contribution is -2.50. The molecule has 5 heteroatoms. The fraction of sp³-hybridized carbons (Fsp3) is 0.130. The number of para-hydroxylation sites is 1. The normalized spacial score (nSPS) is 19.9. The van der Waals surface area contributed by atoms with Crippen LogP contribution >= 0.6 is 11.6 Å². The highest BCUT2D eigenvalue weighted by Crippen LogP contribution is 2.54. The van der Waals surface area contributed by atoms with Crippen LogP contribution in [0.4, 0.5) is 5.69 Å². The molecule has 0 aromatic heterocycles. The molecular weight excluding hydrogens is 374 g/mol. The van der Waals surface area contributed by atoms with Gasteiger partial charge in [0.1, 0.15) is 11.3 Å². The highest BCUT2D eigenvalue weighted by Gasteiger charge is 2.56. The molecule has 0 bridgehead atoms. The quantitative estimate of drug-likeness (QED) is 0.630. The molecule has 0 N–H and O–H groups in total. The molecule has 28 heavy (non-hydrogen) atoms. The van der Waals surface area contributed by atoms with Crippen molar-refractivity contribution in [1.29, 1.82) is 0 Å². The van der Waals surface area contributed by atoms with Crippen molar-refractivity contribution in [2.24, 2.45) is 0 Å². The van der Waals surface area contributed by atoms with Crippen LogP contribution in [0.2, 0.25) is 5.02 Å². The predicted octanol–water partition coefficient (Wildman–Crippen LogP) is 4.84. The van der Waals surface area contributed by atoms with E-state index in [2.05, 4.69) is 0 Å². The Morgan fingerprint density at radius 2 is 1.71 bits per heavy atom. The summed E-state index contributed by atoms with van der Waals surface area (Å²) < 4.78 is 5.49. The summed E-state index contributed by atoms with van der Waals surface area (Å²) in [7, 11) is 1.55. The van der Waals surface area contributed by atoms with Gasteiger partial charge in [-0.05, 0) is 41.5 Å². The number of amides is 1. The lowest BCUT2D eigenvalue weighted by molar-refractivity contribution is 0.0922. The predicted molar refractivity (Wildman–Crippen MR) is 107 cm³/mol. The molecule has 1 unspecified atom stereocenters. The summed E-state index contributed by atoms with van der Waals surface area (Å²) in [6, 6.07) is 20.2. The number of methoxy groups -OCH3 is 1. The van der Waals surface area contributed by atoms with E-state index in [1.165, 1.54) is 0 Å². The number of hydrogen-bond acceptors (Lipinski definition) is 3. The van der Waals surface area contributed by atoms with Crippen LogP contribution in [0.1, 0.15) is 38.3 Å². The average molecular weight is 390 g/mol. The van der Waals surface area contributed by atoms with E-state index in [0.717, 1.165) is 11.1 Å². The number of anilines is 1. The van der Waals surface area contributed by atoms with Gasteiger partial charge >= 0.3 is 0 Å². The molecule has 1 amide bonds. The molecule has 5 rings (SSSR count). The Hall–Kier alpha value is -3.11. The van der Waals surface area contributed by atoms with Crippen LogP contribution in [0, 0.1) is 0 Å². The van der Waals surface area contributed by atoms with Crippen LogP contribution in [0.15, 0.2) is 66.7 Å². The maximum absolute atomic E-state index is 13.6. The summed E-state index contributed by atoms with van der Waals surface area (Å²) in [4.78, 5) is 28.5. The number of ether oxygens (including phenoxy) is 1. The first-order valence-corrected chi connectivity index (χ1v) is 9.36. The molecule has 138 valence electrons. The molecule has 4 nitrogen and oxygen atoms in total.